The van der Waals surface area contributed by atoms with Gasteiger partial charge in [-0.15, -0.1) is 0 Å². The minimum absolute atomic E-state index is 0.160. The predicted molar refractivity (Wildman–Crippen MR) is 100 cm³/mol. The van der Waals surface area contributed by atoms with Crippen LogP contribution in [0.5, 0.6) is 0 Å². The van der Waals surface area contributed by atoms with Gasteiger partial charge in [-0.2, -0.15) is 0 Å². The number of aryl methyl sites for hydroxylation is 2. The molecule has 7 nitrogen and oxygen atoms in total. The summed E-state index contributed by atoms with van der Waals surface area (Å²) < 4.78 is 10.9. The van der Waals surface area contributed by atoms with Crippen molar-refractivity contribution in [2.45, 2.75) is 26.2 Å². The van der Waals surface area contributed by atoms with E-state index in [0.29, 0.717) is 19.0 Å². The first-order valence-corrected chi connectivity index (χ1v) is 9.26. The summed E-state index contributed by atoms with van der Waals surface area (Å²) in [6, 6.07) is 7.90. The van der Waals surface area contributed by atoms with Gasteiger partial charge in [0.1, 0.15) is 11.9 Å². The van der Waals surface area contributed by atoms with Crippen molar-refractivity contribution in [2.75, 3.05) is 26.3 Å². The number of allylic oxidation sites excluding steroid dienone is 1. The number of aliphatic imine (C=N–C) groups is 1. The van der Waals surface area contributed by atoms with Gasteiger partial charge in [0.2, 0.25) is 0 Å². The molecule has 0 radical (unpaired) electrons. The van der Waals surface area contributed by atoms with Crippen molar-refractivity contribution in [1.82, 2.24) is 15.4 Å². The number of morpholine rings is 1. The van der Waals surface area contributed by atoms with Crippen LogP contribution in [0.25, 0.3) is 5.57 Å². The molecule has 7 heteroatoms. The fraction of sp³-hybridized carbons (Fsp3) is 0.400. The SMILES string of the molecule is Cc1noc(C)c1C1=C2NC(N3CCOCC3)N=C2c2ccccc2C1O. The zero-order chi connectivity index (χ0) is 18.5. The number of aliphatic hydroxyl groups excluding tert-OH is 1. The minimum atomic E-state index is -0.761. The number of aromatic nitrogens is 1. The molecule has 2 aromatic rings. The zero-order valence-corrected chi connectivity index (χ0v) is 15.4. The molecule has 140 valence electrons. The number of hydrogen-bond acceptors (Lipinski definition) is 7. The zero-order valence-electron chi connectivity index (χ0n) is 15.4. The molecule has 27 heavy (non-hydrogen) atoms. The Hall–Kier alpha value is -2.48. The molecule has 1 fully saturated rings. The van der Waals surface area contributed by atoms with Crippen LogP contribution in [0, 0.1) is 13.8 Å². The Bertz CT molecular complexity index is 936. The quantitative estimate of drug-likeness (QED) is 0.843. The molecule has 1 aromatic carbocycles. The summed E-state index contributed by atoms with van der Waals surface area (Å²) in [5.41, 5.74) is 6.01. The molecule has 1 saturated heterocycles. The van der Waals surface area contributed by atoms with Gasteiger partial charge in [0.05, 0.1) is 30.3 Å². The second-order valence-electron chi connectivity index (χ2n) is 7.12. The van der Waals surface area contributed by atoms with Crippen LogP contribution in [0.1, 0.15) is 34.2 Å². The van der Waals surface area contributed by atoms with Crippen LogP contribution in [0.4, 0.5) is 0 Å². The van der Waals surface area contributed by atoms with E-state index in [1.54, 1.807) is 0 Å². The number of benzene rings is 1. The maximum absolute atomic E-state index is 11.2. The predicted octanol–water partition coefficient (Wildman–Crippen LogP) is 1.76. The minimum Gasteiger partial charge on any atom is -0.384 e. The maximum Gasteiger partial charge on any atom is 0.177 e. The van der Waals surface area contributed by atoms with Gasteiger partial charge in [-0.05, 0) is 19.4 Å². The number of nitrogens with zero attached hydrogens (tertiary/aromatic N) is 3. The van der Waals surface area contributed by atoms with E-state index >= 15 is 0 Å². The number of rotatable bonds is 2. The normalized spacial score (nSPS) is 25.1. The first-order chi connectivity index (χ1) is 13.1. The van der Waals surface area contributed by atoms with Gasteiger partial charge in [-0.3, -0.25) is 4.90 Å². The van der Waals surface area contributed by atoms with Crippen LogP contribution in [-0.2, 0) is 4.74 Å². The van der Waals surface area contributed by atoms with Gasteiger partial charge >= 0.3 is 0 Å². The molecule has 5 rings (SSSR count). The van der Waals surface area contributed by atoms with E-state index < -0.39 is 6.10 Å². The Morgan fingerprint density at radius 2 is 1.96 bits per heavy atom. The molecule has 2 atom stereocenters. The van der Waals surface area contributed by atoms with Gasteiger partial charge in [0, 0.05) is 29.8 Å². The lowest BCUT2D eigenvalue weighted by Gasteiger charge is -2.31. The van der Waals surface area contributed by atoms with E-state index in [1.165, 1.54) is 0 Å². The Labute approximate surface area is 157 Å². The lowest BCUT2D eigenvalue weighted by molar-refractivity contribution is 0.0151. The molecule has 2 unspecified atom stereocenters. The molecular weight excluding hydrogens is 344 g/mol. The molecule has 1 aromatic heterocycles. The topological polar surface area (TPSA) is 83.1 Å². The highest BCUT2D eigenvalue weighted by molar-refractivity contribution is 6.20. The standard InChI is InChI=1S/C20H22N4O3/c1-11-15(12(2)27-23-11)16-18-17(13-5-3-4-6-14(13)19(16)25)21-20(22-18)24-7-9-26-10-8-24/h3-6,19-20,22,25H,7-10H2,1-2H3. The summed E-state index contributed by atoms with van der Waals surface area (Å²) in [7, 11) is 0. The van der Waals surface area contributed by atoms with E-state index in [0.717, 1.165) is 52.5 Å². The van der Waals surface area contributed by atoms with Crippen molar-refractivity contribution < 1.29 is 14.4 Å². The van der Waals surface area contributed by atoms with Gasteiger partial charge in [0.25, 0.3) is 0 Å². The summed E-state index contributed by atoms with van der Waals surface area (Å²) in [5.74, 6) is 0.699. The number of ether oxygens (including phenoxy) is 1. The Morgan fingerprint density at radius 1 is 1.19 bits per heavy atom. The van der Waals surface area contributed by atoms with Crippen molar-refractivity contribution in [3.8, 4) is 0 Å². The third kappa shape index (κ3) is 2.54. The van der Waals surface area contributed by atoms with Crippen molar-refractivity contribution in [3.05, 3.63) is 58.1 Å². The van der Waals surface area contributed by atoms with Crippen molar-refractivity contribution in [1.29, 1.82) is 0 Å². The summed E-state index contributed by atoms with van der Waals surface area (Å²) >= 11 is 0. The first-order valence-electron chi connectivity index (χ1n) is 9.26. The molecule has 3 aliphatic rings. The summed E-state index contributed by atoms with van der Waals surface area (Å²) in [4.78, 5) is 7.25. The van der Waals surface area contributed by atoms with Gasteiger partial charge in [-0.1, -0.05) is 29.4 Å². The van der Waals surface area contributed by atoms with Crippen molar-refractivity contribution >= 4 is 11.3 Å². The number of aliphatic hydroxyl groups is 1. The van der Waals surface area contributed by atoms with Crippen LogP contribution in [0.15, 0.2) is 39.5 Å². The summed E-state index contributed by atoms with van der Waals surface area (Å²) in [5, 5.41) is 18.9. The third-order valence-corrected chi connectivity index (χ3v) is 5.51. The third-order valence-electron chi connectivity index (χ3n) is 5.51. The fourth-order valence-electron chi connectivity index (χ4n) is 4.19. The van der Waals surface area contributed by atoms with E-state index in [-0.39, 0.29) is 6.29 Å². The highest BCUT2D eigenvalue weighted by Gasteiger charge is 2.39. The highest BCUT2D eigenvalue weighted by atomic mass is 16.5. The Kier molecular flexibility index (Phi) is 3.89. The van der Waals surface area contributed by atoms with Crippen LogP contribution in [0.2, 0.25) is 0 Å². The van der Waals surface area contributed by atoms with Crippen LogP contribution in [0.3, 0.4) is 0 Å². The lowest BCUT2D eigenvalue weighted by Crippen LogP contribution is -2.47. The van der Waals surface area contributed by atoms with E-state index in [9.17, 15) is 5.11 Å². The fourth-order valence-corrected chi connectivity index (χ4v) is 4.19. The van der Waals surface area contributed by atoms with Crippen molar-refractivity contribution in [3.63, 3.8) is 0 Å². The Morgan fingerprint density at radius 3 is 2.70 bits per heavy atom. The van der Waals surface area contributed by atoms with Crippen LogP contribution < -0.4 is 5.32 Å². The van der Waals surface area contributed by atoms with Gasteiger partial charge in [-0.25, -0.2) is 4.99 Å². The molecule has 2 N–H and O–H groups in total. The Balaban J connectivity index is 1.68. The van der Waals surface area contributed by atoms with E-state index in [1.807, 2.05) is 38.1 Å². The molecule has 0 amide bonds. The molecule has 2 aliphatic heterocycles. The van der Waals surface area contributed by atoms with E-state index in [4.69, 9.17) is 14.3 Å². The molecular formula is C20H22N4O3. The monoisotopic (exact) mass is 366 g/mol. The van der Waals surface area contributed by atoms with Crippen LogP contribution in [-0.4, -0.2) is 53.5 Å². The van der Waals surface area contributed by atoms with E-state index in [2.05, 4.69) is 15.4 Å². The number of nitrogens with one attached hydrogen (secondary N) is 1. The highest BCUT2D eigenvalue weighted by Crippen LogP contribution is 2.43. The van der Waals surface area contributed by atoms with Crippen molar-refractivity contribution in [2.24, 2.45) is 4.99 Å². The summed E-state index contributed by atoms with van der Waals surface area (Å²) in [6.07, 6.45) is -0.921. The van der Waals surface area contributed by atoms with Gasteiger partial charge in [0.15, 0.2) is 6.29 Å². The summed E-state index contributed by atoms with van der Waals surface area (Å²) in [6.45, 7) is 6.84. The van der Waals surface area contributed by atoms with Gasteiger partial charge < -0.3 is 19.7 Å². The van der Waals surface area contributed by atoms with Crippen LogP contribution >= 0.6 is 0 Å². The molecule has 3 heterocycles. The molecule has 1 aliphatic carbocycles. The lowest BCUT2D eigenvalue weighted by atomic mass is 9.82. The second kappa shape index (κ2) is 6.30. The number of fused-ring (bicyclic) bond motifs is 3. The average molecular weight is 366 g/mol. The maximum atomic E-state index is 11.2. The average Bonchev–Trinajstić information content (AvgIpc) is 3.28. The smallest absolute Gasteiger partial charge is 0.177 e. The largest absolute Gasteiger partial charge is 0.384 e. The number of hydrogen-bond donors (Lipinski definition) is 2. The second-order valence-corrected chi connectivity index (χ2v) is 7.12. The molecule has 0 spiro atoms. The molecule has 0 saturated carbocycles. The first kappa shape index (κ1) is 16.7. The molecule has 0 bridgehead atoms.